The highest BCUT2D eigenvalue weighted by Gasteiger charge is 2.46. The maximum absolute atomic E-state index is 5.16. The zero-order valence-corrected chi connectivity index (χ0v) is 15.1. The van der Waals surface area contributed by atoms with Crippen molar-refractivity contribution < 1.29 is 0 Å². The largest absolute Gasteiger partial charge is 0.257 e. The predicted octanol–water partition coefficient (Wildman–Crippen LogP) is 1.35. The predicted molar refractivity (Wildman–Crippen MR) is 87.4 cm³/mol. The Hall–Kier alpha value is 0.450. The minimum atomic E-state index is -2.11. The fourth-order valence-corrected chi connectivity index (χ4v) is 14.6. The summed E-state index contributed by atoms with van der Waals surface area (Å²) in [5.74, 6) is 0. The van der Waals surface area contributed by atoms with Crippen molar-refractivity contribution in [3.8, 4) is 0 Å². The molecule has 0 spiro atoms. The third-order valence-corrected chi connectivity index (χ3v) is 14.5. The minimum Gasteiger partial charge on any atom is -0.257 e. The number of nitrogens with one attached hydrogen (secondary N) is 4. The molecule has 3 rings (SSSR count). The van der Waals surface area contributed by atoms with E-state index in [1.54, 1.807) is 0 Å². The summed E-state index contributed by atoms with van der Waals surface area (Å²) in [5.41, 5.74) is 0. The molecule has 4 N–H and O–H groups in total. The Kier molecular flexibility index (Phi) is 4.04. The maximum atomic E-state index is 5.16. The van der Waals surface area contributed by atoms with Crippen LogP contribution in [-0.2, 0) is 0 Å². The summed E-state index contributed by atoms with van der Waals surface area (Å²) in [4.78, 5) is 0. The van der Waals surface area contributed by atoms with Crippen molar-refractivity contribution in [3.05, 3.63) is 0 Å². The van der Waals surface area contributed by atoms with Crippen LogP contribution in [0, 0.1) is 0 Å². The van der Waals surface area contributed by atoms with Crippen LogP contribution in [0.1, 0.15) is 0 Å². The van der Waals surface area contributed by atoms with Gasteiger partial charge >= 0.3 is 0 Å². The van der Waals surface area contributed by atoms with Crippen molar-refractivity contribution in [1.29, 1.82) is 0 Å². The molecule has 3 aliphatic rings. The van der Waals surface area contributed by atoms with Crippen LogP contribution in [-0.4, -0.2) is 63.7 Å². The van der Waals surface area contributed by atoms with Crippen LogP contribution in [0.3, 0.4) is 0 Å². The molecule has 12 heteroatoms. The lowest BCUT2D eigenvalue weighted by Crippen LogP contribution is -2.22. The SMILES string of the molecule is CNP1(NC)=NP(NC)(N2CC2)=NP(NC)(N2CC2)=N1. The first kappa shape index (κ1) is 15.3. The Balaban J connectivity index is 2.24. The van der Waals surface area contributed by atoms with E-state index in [-0.39, 0.29) is 0 Å². The van der Waals surface area contributed by atoms with Gasteiger partial charge in [0.05, 0.1) is 0 Å². The summed E-state index contributed by atoms with van der Waals surface area (Å²) in [5, 5.41) is 13.5. The fraction of sp³-hybridized carbons (Fsp3) is 1.00. The van der Waals surface area contributed by atoms with Gasteiger partial charge in [-0.3, -0.25) is 20.3 Å². The van der Waals surface area contributed by atoms with E-state index in [0.717, 1.165) is 26.2 Å². The van der Waals surface area contributed by atoms with Gasteiger partial charge in [-0.1, -0.05) is 0 Å². The topological polar surface area (TPSA) is 91.2 Å². The van der Waals surface area contributed by atoms with Crippen LogP contribution < -0.4 is 20.3 Å². The lowest BCUT2D eigenvalue weighted by atomic mass is 11.0. The van der Waals surface area contributed by atoms with Crippen molar-refractivity contribution in [3.63, 3.8) is 0 Å². The second kappa shape index (κ2) is 5.27. The lowest BCUT2D eigenvalue weighted by Gasteiger charge is -2.36. The molecular weight excluding hydrogens is 315 g/mol. The van der Waals surface area contributed by atoms with Gasteiger partial charge in [0.1, 0.15) is 0 Å². The average molecular weight is 339 g/mol. The summed E-state index contributed by atoms with van der Waals surface area (Å²) < 4.78 is 20.0. The summed E-state index contributed by atoms with van der Waals surface area (Å²) in [6, 6.07) is 0. The first-order valence-corrected chi connectivity index (χ1v) is 11.7. The van der Waals surface area contributed by atoms with Gasteiger partial charge in [-0.2, -0.15) is 13.5 Å². The third kappa shape index (κ3) is 2.39. The van der Waals surface area contributed by atoms with Crippen LogP contribution in [0.25, 0.3) is 0 Å². The highest BCUT2D eigenvalue weighted by Crippen LogP contribution is 2.76. The van der Waals surface area contributed by atoms with Crippen LogP contribution in [0.15, 0.2) is 13.5 Å². The number of nitrogens with zero attached hydrogens (tertiary/aromatic N) is 5. The zero-order valence-electron chi connectivity index (χ0n) is 12.4. The second-order valence-electron chi connectivity index (χ2n) is 4.81. The maximum Gasteiger partial charge on any atom is 0.218 e. The number of hydrogen-bond acceptors (Lipinski definition) is 9. The Morgan fingerprint density at radius 1 is 0.650 bits per heavy atom. The monoisotopic (exact) mass is 339 g/mol. The molecule has 0 aromatic carbocycles. The molecule has 116 valence electrons. The van der Waals surface area contributed by atoms with E-state index in [1.165, 1.54) is 0 Å². The van der Waals surface area contributed by atoms with Crippen LogP contribution in [0.4, 0.5) is 0 Å². The molecule has 0 saturated carbocycles. The van der Waals surface area contributed by atoms with Gasteiger partial charge in [0, 0.05) is 26.2 Å². The molecular formula is C8H24N9P3. The van der Waals surface area contributed by atoms with Gasteiger partial charge < -0.3 is 0 Å². The summed E-state index contributed by atoms with van der Waals surface area (Å²) >= 11 is 0. The molecule has 0 aromatic heterocycles. The molecule has 0 bridgehead atoms. The second-order valence-corrected chi connectivity index (χ2v) is 13.4. The molecule has 9 nitrogen and oxygen atoms in total. The Morgan fingerprint density at radius 3 is 1.45 bits per heavy atom. The van der Waals surface area contributed by atoms with E-state index in [1.807, 2.05) is 28.2 Å². The van der Waals surface area contributed by atoms with E-state index < -0.39 is 22.5 Å². The van der Waals surface area contributed by atoms with Crippen LogP contribution >= 0.6 is 22.5 Å². The van der Waals surface area contributed by atoms with E-state index in [4.69, 9.17) is 13.5 Å². The van der Waals surface area contributed by atoms with E-state index >= 15 is 0 Å². The summed E-state index contributed by atoms with van der Waals surface area (Å²) in [6.45, 7) is 4.27. The van der Waals surface area contributed by atoms with Gasteiger partial charge in [0.2, 0.25) is 22.5 Å². The summed E-state index contributed by atoms with van der Waals surface area (Å²) in [7, 11) is 1.64. The minimum absolute atomic E-state index is 1.07. The molecule has 2 saturated heterocycles. The van der Waals surface area contributed by atoms with Gasteiger partial charge in [0.25, 0.3) is 0 Å². The van der Waals surface area contributed by atoms with Gasteiger partial charge in [0.15, 0.2) is 0 Å². The first-order chi connectivity index (χ1) is 9.57. The Morgan fingerprint density at radius 2 is 1.10 bits per heavy atom. The number of hydrogen-bond donors (Lipinski definition) is 4. The molecule has 0 aromatic rings. The normalized spacial score (nSPS) is 39.6. The molecule has 2 unspecified atom stereocenters. The van der Waals surface area contributed by atoms with Crippen molar-refractivity contribution in [2.24, 2.45) is 13.5 Å². The zero-order chi connectivity index (χ0) is 14.4. The molecule has 0 radical (unpaired) electrons. The molecule has 20 heavy (non-hydrogen) atoms. The van der Waals surface area contributed by atoms with Gasteiger partial charge in [-0.15, -0.1) is 0 Å². The van der Waals surface area contributed by atoms with Crippen LogP contribution in [0.5, 0.6) is 0 Å². The highest BCUT2D eigenvalue weighted by molar-refractivity contribution is 7.83. The molecule has 2 fully saturated rings. The molecule has 3 heterocycles. The third-order valence-electron chi connectivity index (χ3n) is 3.62. The average Bonchev–Trinajstić information content (AvgIpc) is 3.35. The molecule has 0 aliphatic carbocycles. The highest BCUT2D eigenvalue weighted by atomic mass is 31.3. The Bertz CT molecular complexity index is 534. The van der Waals surface area contributed by atoms with Crippen molar-refractivity contribution >= 4 is 22.5 Å². The van der Waals surface area contributed by atoms with Crippen LogP contribution in [0.2, 0.25) is 0 Å². The molecule has 3 aliphatic heterocycles. The standard InChI is InChI=1S/C8H24N9P3/c1-9-18(10-2)13-19(11-3,16-5-6-16)15-20(12-4,14-18)17-7-8-17/h9-12H,5-8H2,1-4H3. The van der Waals surface area contributed by atoms with Crippen molar-refractivity contribution in [1.82, 2.24) is 29.7 Å². The lowest BCUT2D eigenvalue weighted by molar-refractivity contribution is 0.847. The van der Waals surface area contributed by atoms with E-state index in [0.29, 0.717) is 0 Å². The van der Waals surface area contributed by atoms with Gasteiger partial charge in [-0.25, -0.2) is 9.34 Å². The first-order valence-electron chi connectivity index (χ1n) is 6.76. The van der Waals surface area contributed by atoms with E-state index in [2.05, 4.69) is 29.7 Å². The van der Waals surface area contributed by atoms with Crippen molar-refractivity contribution in [2.45, 2.75) is 0 Å². The van der Waals surface area contributed by atoms with Crippen molar-refractivity contribution in [2.75, 3.05) is 54.4 Å². The van der Waals surface area contributed by atoms with Gasteiger partial charge in [-0.05, 0) is 28.2 Å². The summed E-state index contributed by atoms with van der Waals surface area (Å²) in [6.07, 6.45) is 0. The fourth-order valence-electron chi connectivity index (χ4n) is 2.21. The molecule has 2 atom stereocenters. The number of rotatable bonds is 6. The Labute approximate surface area is 120 Å². The van der Waals surface area contributed by atoms with E-state index in [9.17, 15) is 0 Å². The smallest absolute Gasteiger partial charge is 0.218 e. The molecule has 0 amide bonds. The quantitative estimate of drug-likeness (QED) is 0.431.